The summed E-state index contributed by atoms with van der Waals surface area (Å²) in [5.41, 5.74) is 1.48. The largest absolute Gasteiger partial charge is 0.494 e. The number of halogens is 2. The van der Waals surface area contributed by atoms with Crippen LogP contribution in [-0.4, -0.2) is 42.2 Å². The Balaban J connectivity index is 1.51. The summed E-state index contributed by atoms with van der Waals surface area (Å²) in [7, 11) is 0. The molecule has 2 atom stereocenters. The maximum atomic E-state index is 14.4. The Hall–Kier alpha value is -2.68. The van der Waals surface area contributed by atoms with E-state index in [1.807, 2.05) is 72.8 Å². The molecule has 0 unspecified atom stereocenters. The van der Waals surface area contributed by atoms with Crippen molar-refractivity contribution < 1.29 is 19.4 Å². The van der Waals surface area contributed by atoms with Crippen molar-refractivity contribution in [3.05, 3.63) is 98.4 Å². The Morgan fingerprint density at radius 3 is 2.27 bits per heavy atom. The number of aliphatic hydroxyl groups is 1. The summed E-state index contributed by atoms with van der Waals surface area (Å²) >= 11 is 7.07. The average molecular weight is 684 g/mol. The molecule has 2 aliphatic rings. The predicted molar refractivity (Wildman–Crippen MR) is 168 cm³/mol. The molecule has 1 fully saturated rings. The van der Waals surface area contributed by atoms with Gasteiger partial charge in [-0.1, -0.05) is 75.4 Å². The number of rotatable bonds is 11. The molecule has 1 amide bonds. The van der Waals surface area contributed by atoms with E-state index in [0.717, 1.165) is 38.5 Å². The van der Waals surface area contributed by atoms with E-state index >= 15 is 0 Å². The number of carbonyl (C=O) groups is 1. The van der Waals surface area contributed by atoms with E-state index in [0.29, 0.717) is 43.6 Å². The van der Waals surface area contributed by atoms with Crippen LogP contribution in [0.1, 0.15) is 61.3 Å². The Labute approximate surface area is 258 Å². The Morgan fingerprint density at radius 2 is 1.61 bits per heavy atom. The highest BCUT2D eigenvalue weighted by Gasteiger charge is 2.53. The number of nitrogens with zero attached hydrogens (tertiary/aromatic N) is 1. The van der Waals surface area contributed by atoms with Gasteiger partial charge in [-0.3, -0.25) is 4.79 Å². The first-order valence-electron chi connectivity index (χ1n) is 14.4. The molecule has 3 aromatic rings. The number of benzene rings is 3. The van der Waals surface area contributed by atoms with Crippen molar-refractivity contribution >= 4 is 43.7 Å². The number of ether oxygens (including phenoxy) is 2. The van der Waals surface area contributed by atoms with Gasteiger partial charge in [-0.15, -0.1) is 0 Å². The maximum absolute atomic E-state index is 14.4. The summed E-state index contributed by atoms with van der Waals surface area (Å²) in [4.78, 5) is 19.5. The van der Waals surface area contributed by atoms with Gasteiger partial charge in [0.05, 0.1) is 6.61 Å². The van der Waals surface area contributed by atoms with Crippen molar-refractivity contribution in [2.45, 2.75) is 56.6 Å². The number of nitrogens with one attached hydrogen (secondary N) is 1. The molecule has 0 radical (unpaired) electrons. The predicted octanol–water partition coefficient (Wildman–Crippen LogP) is 7.17. The molecule has 0 aromatic heterocycles. The third-order valence-electron chi connectivity index (χ3n) is 7.87. The van der Waals surface area contributed by atoms with Gasteiger partial charge in [0.25, 0.3) is 5.91 Å². The second kappa shape index (κ2) is 14.0. The Bertz CT molecular complexity index is 1320. The van der Waals surface area contributed by atoms with E-state index in [2.05, 4.69) is 37.2 Å². The highest BCUT2D eigenvalue weighted by atomic mass is 79.9. The number of aliphatic hydroxyl groups excluding tert-OH is 1. The van der Waals surface area contributed by atoms with Crippen molar-refractivity contribution in [2.24, 2.45) is 10.9 Å². The molecule has 1 saturated carbocycles. The van der Waals surface area contributed by atoms with Gasteiger partial charge >= 0.3 is 0 Å². The molecule has 0 saturated heterocycles. The molecule has 2 N–H and O–H groups in total. The molecule has 41 heavy (non-hydrogen) atoms. The van der Waals surface area contributed by atoms with Gasteiger partial charge in [-0.2, -0.15) is 0 Å². The molecular weight excluding hydrogens is 648 g/mol. The minimum Gasteiger partial charge on any atom is -0.494 e. The first-order chi connectivity index (χ1) is 20.0. The summed E-state index contributed by atoms with van der Waals surface area (Å²) in [5, 5.41) is 12.3. The number of hydrogen-bond acceptors (Lipinski definition) is 5. The van der Waals surface area contributed by atoms with Crippen LogP contribution in [-0.2, 0) is 16.0 Å². The lowest BCUT2D eigenvalue weighted by atomic mass is 9.81. The van der Waals surface area contributed by atoms with Crippen LogP contribution in [0.15, 0.2) is 86.7 Å². The quantitative estimate of drug-likeness (QED) is 0.210. The van der Waals surface area contributed by atoms with Crippen molar-refractivity contribution in [3.63, 3.8) is 0 Å². The highest BCUT2D eigenvalue weighted by Crippen LogP contribution is 2.43. The van der Waals surface area contributed by atoms with E-state index in [1.54, 1.807) is 0 Å². The fourth-order valence-electron chi connectivity index (χ4n) is 5.61. The van der Waals surface area contributed by atoms with E-state index in [9.17, 15) is 4.79 Å². The average Bonchev–Trinajstić information content (AvgIpc) is 3.39. The normalized spacial score (nSPS) is 20.8. The molecule has 5 rings (SSSR count). The van der Waals surface area contributed by atoms with Crippen LogP contribution in [0, 0.1) is 5.92 Å². The van der Waals surface area contributed by atoms with Gasteiger partial charge in [0.2, 0.25) is 5.90 Å². The van der Waals surface area contributed by atoms with Gasteiger partial charge in [0.1, 0.15) is 5.75 Å². The second-order valence-electron chi connectivity index (χ2n) is 10.9. The molecule has 1 heterocycles. The lowest BCUT2D eigenvalue weighted by molar-refractivity contribution is -0.129. The zero-order valence-electron chi connectivity index (χ0n) is 23.0. The summed E-state index contributed by atoms with van der Waals surface area (Å²) in [6, 6.07) is 23.5. The van der Waals surface area contributed by atoms with Crippen LogP contribution in [0.4, 0.5) is 0 Å². The third kappa shape index (κ3) is 7.40. The Kier molecular flexibility index (Phi) is 10.2. The number of aliphatic imine (C=N–C) groups is 1. The molecule has 1 aliphatic heterocycles. The molecule has 0 spiro atoms. The number of amides is 1. The van der Waals surface area contributed by atoms with E-state index in [-0.39, 0.29) is 12.5 Å². The monoisotopic (exact) mass is 682 g/mol. The smallest absolute Gasteiger partial charge is 0.252 e. The number of hydrogen-bond donors (Lipinski definition) is 2. The Morgan fingerprint density at radius 1 is 0.951 bits per heavy atom. The molecule has 216 valence electrons. The van der Waals surface area contributed by atoms with E-state index < -0.39 is 11.6 Å². The molecule has 1 aliphatic carbocycles. The zero-order chi connectivity index (χ0) is 28.7. The first kappa shape index (κ1) is 29.8. The van der Waals surface area contributed by atoms with Crippen molar-refractivity contribution in [3.8, 4) is 5.75 Å². The molecule has 8 heteroatoms. The maximum Gasteiger partial charge on any atom is 0.252 e. The minimum atomic E-state index is -1.19. The summed E-state index contributed by atoms with van der Waals surface area (Å²) in [6.45, 7) is 1.18. The van der Waals surface area contributed by atoms with Crippen LogP contribution in [0.25, 0.3) is 0 Å². The van der Waals surface area contributed by atoms with Crippen LogP contribution in [0.2, 0.25) is 0 Å². The van der Waals surface area contributed by atoms with Gasteiger partial charge in [0.15, 0.2) is 11.6 Å². The lowest BCUT2D eigenvalue weighted by Gasteiger charge is -2.32. The van der Waals surface area contributed by atoms with Gasteiger partial charge in [-0.25, -0.2) is 4.99 Å². The first-order valence-corrected chi connectivity index (χ1v) is 15.9. The molecule has 6 nitrogen and oxygen atoms in total. The van der Waals surface area contributed by atoms with Crippen molar-refractivity contribution in [2.75, 3.05) is 19.8 Å². The van der Waals surface area contributed by atoms with Gasteiger partial charge in [0, 0.05) is 40.5 Å². The van der Waals surface area contributed by atoms with Crippen molar-refractivity contribution in [1.29, 1.82) is 0 Å². The standard InChI is InChI=1S/C33H36Br2N2O4/c34-27-13-7-23(8-14-27)21-33(32(39)36-22-24-5-2-1-3-6-24)30(25-9-15-28(35)16-10-25)41-31(37-33)26-11-17-29(18-12-26)40-20-4-19-38/h7-18,24,30,38H,1-6,19-22H2,(H,36,39)/t30-,33-/m1/s1. The summed E-state index contributed by atoms with van der Waals surface area (Å²) < 4.78 is 14.3. The topological polar surface area (TPSA) is 80.2 Å². The SMILES string of the molecule is O=C(NCC1CCCCC1)[C@]1(Cc2ccc(Br)cc2)N=C(c2ccc(OCCCO)cc2)O[C@@H]1c1ccc(Br)cc1. The van der Waals surface area contributed by atoms with Crippen LogP contribution in [0.3, 0.4) is 0 Å². The summed E-state index contributed by atoms with van der Waals surface area (Å²) in [6.07, 6.45) is 6.36. The fraction of sp³-hybridized carbons (Fsp3) is 0.394. The van der Waals surface area contributed by atoms with Crippen molar-refractivity contribution in [1.82, 2.24) is 5.32 Å². The van der Waals surface area contributed by atoms with Gasteiger partial charge < -0.3 is 19.9 Å². The third-order valence-corrected chi connectivity index (χ3v) is 8.92. The lowest BCUT2D eigenvalue weighted by Crippen LogP contribution is -2.51. The fourth-order valence-corrected chi connectivity index (χ4v) is 6.14. The van der Waals surface area contributed by atoms with E-state index in [1.165, 1.54) is 19.3 Å². The zero-order valence-corrected chi connectivity index (χ0v) is 26.2. The van der Waals surface area contributed by atoms with Gasteiger partial charge in [-0.05, 0) is 78.4 Å². The molecular formula is C33H36Br2N2O4. The minimum absolute atomic E-state index is 0.0867. The molecule has 0 bridgehead atoms. The van der Waals surface area contributed by atoms with Crippen LogP contribution in [0.5, 0.6) is 5.75 Å². The number of carbonyl (C=O) groups excluding carboxylic acids is 1. The highest BCUT2D eigenvalue weighted by molar-refractivity contribution is 9.10. The molecule has 3 aromatic carbocycles. The second-order valence-corrected chi connectivity index (χ2v) is 12.7. The summed E-state index contributed by atoms with van der Waals surface area (Å²) in [5.74, 6) is 1.52. The van der Waals surface area contributed by atoms with Crippen LogP contribution < -0.4 is 10.1 Å². The van der Waals surface area contributed by atoms with E-state index in [4.69, 9.17) is 19.6 Å². The van der Waals surface area contributed by atoms with Crippen LogP contribution >= 0.6 is 31.9 Å².